The van der Waals surface area contributed by atoms with E-state index in [0.29, 0.717) is 27.5 Å². The van der Waals surface area contributed by atoms with Crippen LogP contribution in [0.3, 0.4) is 0 Å². The molecule has 3 aromatic carbocycles. The largest absolute Gasteiger partial charge is 0.497 e. The average molecular weight is 522 g/mol. The fourth-order valence-corrected chi connectivity index (χ4v) is 3.14. The van der Waals surface area contributed by atoms with Crippen molar-refractivity contribution in [1.82, 2.24) is 5.43 Å². The standard InChI is InChI=1S/C22H15BrCl2N2O4/c1-30-17-6-2-13(3-7-17)22(29)31-20-9-5-16(23)10-15(20)12-26-27-21(28)14-4-8-18(24)19(25)11-14/h2-12H,1H3,(H,27,28). The van der Waals surface area contributed by atoms with Crippen LogP contribution in [-0.2, 0) is 0 Å². The maximum Gasteiger partial charge on any atom is 0.343 e. The number of methoxy groups -OCH3 is 1. The lowest BCUT2D eigenvalue weighted by Gasteiger charge is -2.08. The van der Waals surface area contributed by atoms with Gasteiger partial charge in [-0.3, -0.25) is 4.79 Å². The molecule has 0 aromatic heterocycles. The number of amides is 1. The Morgan fingerprint density at radius 2 is 1.68 bits per heavy atom. The predicted molar refractivity (Wildman–Crippen MR) is 124 cm³/mol. The van der Waals surface area contributed by atoms with Crippen molar-refractivity contribution in [3.8, 4) is 11.5 Å². The molecule has 0 fully saturated rings. The van der Waals surface area contributed by atoms with Gasteiger partial charge in [-0.05, 0) is 60.7 Å². The van der Waals surface area contributed by atoms with E-state index in [9.17, 15) is 9.59 Å². The third kappa shape index (κ3) is 6.07. The Morgan fingerprint density at radius 3 is 2.35 bits per heavy atom. The highest BCUT2D eigenvalue weighted by atomic mass is 79.9. The maximum atomic E-state index is 12.5. The highest BCUT2D eigenvalue weighted by Gasteiger charge is 2.12. The molecule has 0 radical (unpaired) electrons. The summed E-state index contributed by atoms with van der Waals surface area (Å²) < 4.78 is 11.3. The van der Waals surface area contributed by atoms with Crippen LogP contribution in [0.15, 0.2) is 70.2 Å². The molecule has 0 unspecified atom stereocenters. The number of benzene rings is 3. The Hall–Kier alpha value is -2.87. The Labute approximate surface area is 196 Å². The molecule has 1 amide bonds. The zero-order chi connectivity index (χ0) is 22.4. The van der Waals surface area contributed by atoms with Gasteiger partial charge in [0.25, 0.3) is 5.91 Å². The molecule has 0 atom stereocenters. The van der Waals surface area contributed by atoms with Gasteiger partial charge in [0.2, 0.25) is 0 Å². The van der Waals surface area contributed by atoms with Gasteiger partial charge in [0.1, 0.15) is 11.5 Å². The summed E-state index contributed by atoms with van der Waals surface area (Å²) in [4.78, 5) is 24.7. The van der Waals surface area contributed by atoms with E-state index in [0.717, 1.165) is 4.47 Å². The Morgan fingerprint density at radius 1 is 0.968 bits per heavy atom. The average Bonchev–Trinajstić information content (AvgIpc) is 2.77. The van der Waals surface area contributed by atoms with Crippen molar-refractivity contribution in [2.75, 3.05) is 7.11 Å². The molecule has 0 aliphatic heterocycles. The van der Waals surface area contributed by atoms with Gasteiger partial charge in [0, 0.05) is 15.6 Å². The number of nitrogens with one attached hydrogen (secondary N) is 1. The third-order valence-electron chi connectivity index (χ3n) is 4.05. The molecule has 1 N–H and O–H groups in total. The van der Waals surface area contributed by atoms with Gasteiger partial charge in [-0.15, -0.1) is 0 Å². The van der Waals surface area contributed by atoms with Crippen LogP contribution >= 0.6 is 39.1 Å². The van der Waals surface area contributed by atoms with Crippen LogP contribution in [0, 0.1) is 0 Å². The molecule has 158 valence electrons. The zero-order valence-electron chi connectivity index (χ0n) is 16.1. The fourth-order valence-electron chi connectivity index (χ4n) is 2.46. The first-order valence-electron chi connectivity index (χ1n) is 8.81. The van der Waals surface area contributed by atoms with Crippen LogP contribution in [0.4, 0.5) is 0 Å². The number of ether oxygens (including phenoxy) is 2. The first-order valence-corrected chi connectivity index (χ1v) is 10.4. The van der Waals surface area contributed by atoms with Gasteiger partial charge in [0.15, 0.2) is 0 Å². The molecule has 9 heteroatoms. The van der Waals surface area contributed by atoms with E-state index in [-0.39, 0.29) is 10.8 Å². The smallest absolute Gasteiger partial charge is 0.343 e. The first kappa shape index (κ1) is 22.8. The molecule has 31 heavy (non-hydrogen) atoms. The predicted octanol–water partition coefficient (Wildman–Crippen LogP) is 5.75. The number of halogens is 3. The molecule has 0 bridgehead atoms. The van der Waals surface area contributed by atoms with Crippen molar-refractivity contribution >= 4 is 57.2 Å². The van der Waals surface area contributed by atoms with Gasteiger partial charge in [-0.1, -0.05) is 39.1 Å². The Bertz CT molecular complexity index is 1150. The van der Waals surface area contributed by atoms with Crippen LogP contribution < -0.4 is 14.9 Å². The van der Waals surface area contributed by atoms with Crippen molar-refractivity contribution in [2.45, 2.75) is 0 Å². The minimum Gasteiger partial charge on any atom is -0.497 e. The quantitative estimate of drug-likeness (QED) is 0.194. The Balaban J connectivity index is 1.73. The summed E-state index contributed by atoms with van der Waals surface area (Å²) in [6.07, 6.45) is 1.37. The fraction of sp³-hybridized carbons (Fsp3) is 0.0455. The summed E-state index contributed by atoms with van der Waals surface area (Å²) >= 11 is 15.2. The maximum absolute atomic E-state index is 12.5. The second kappa shape index (κ2) is 10.4. The second-order valence-electron chi connectivity index (χ2n) is 6.13. The molecule has 0 saturated heterocycles. The molecule has 0 aliphatic rings. The monoisotopic (exact) mass is 520 g/mol. The summed E-state index contributed by atoms with van der Waals surface area (Å²) in [5.41, 5.74) is 3.53. The number of hydrogen-bond acceptors (Lipinski definition) is 5. The van der Waals surface area contributed by atoms with Crippen LogP contribution in [-0.4, -0.2) is 25.2 Å². The minimum absolute atomic E-state index is 0.262. The summed E-state index contributed by atoms with van der Waals surface area (Å²) in [5, 5.41) is 4.55. The summed E-state index contributed by atoms with van der Waals surface area (Å²) in [6, 6.07) is 16.1. The van der Waals surface area contributed by atoms with Crippen LogP contribution in [0.2, 0.25) is 10.0 Å². The lowest BCUT2D eigenvalue weighted by molar-refractivity contribution is 0.0734. The molecular formula is C22H15BrCl2N2O4. The van der Waals surface area contributed by atoms with Crippen LogP contribution in [0.25, 0.3) is 0 Å². The molecule has 3 rings (SSSR count). The van der Waals surface area contributed by atoms with E-state index in [1.54, 1.807) is 49.6 Å². The summed E-state index contributed by atoms with van der Waals surface area (Å²) in [7, 11) is 1.54. The van der Waals surface area contributed by atoms with Crippen molar-refractivity contribution in [3.05, 3.63) is 91.9 Å². The Kier molecular flexibility index (Phi) is 7.68. The van der Waals surface area contributed by atoms with E-state index in [4.69, 9.17) is 32.7 Å². The topological polar surface area (TPSA) is 77.0 Å². The molecule has 6 nitrogen and oxygen atoms in total. The summed E-state index contributed by atoms with van der Waals surface area (Å²) in [5.74, 6) is -0.108. The molecule has 0 spiro atoms. The van der Waals surface area contributed by atoms with E-state index in [2.05, 4.69) is 26.5 Å². The molecule has 3 aromatic rings. The van der Waals surface area contributed by atoms with Gasteiger partial charge in [0.05, 0.1) is 28.9 Å². The third-order valence-corrected chi connectivity index (χ3v) is 5.28. The number of nitrogens with zero attached hydrogens (tertiary/aromatic N) is 1. The molecular weight excluding hydrogens is 507 g/mol. The van der Waals surface area contributed by atoms with Crippen molar-refractivity contribution in [1.29, 1.82) is 0 Å². The van der Waals surface area contributed by atoms with Gasteiger partial charge in [-0.2, -0.15) is 5.10 Å². The van der Waals surface area contributed by atoms with Crippen LogP contribution in [0.5, 0.6) is 11.5 Å². The molecule has 0 saturated carbocycles. The normalized spacial score (nSPS) is 10.7. The van der Waals surface area contributed by atoms with E-state index < -0.39 is 11.9 Å². The van der Waals surface area contributed by atoms with E-state index in [1.165, 1.54) is 24.4 Å². The number of hydrogen-bond donors (Lipinski definition) is 1. The zero-order valence-corrected chi connectivity index (χ0v) is 19.2. The second-order valence-corrected chi connectivity index (χ2v) is 7.86. The first-order chi connectivity index (χ1) is 14.9. The lowest BCUT2D eigenvalue weighted by atomic mass is 10.2. The van der Waals surface area contributed by atoms with Crippen molar-refractivity contribution in [3.63, 3.8) is 0 Å². The lowest BCUT2D eigenvalue weighted by Crippen LogP contribution is -2.17. The number of esters is 1. The van der Waals surface area contributed by atoms with Crippen molar-refractivity contribution < 1.29 is 19.1 Å². The van der Waals surface area contributed by atoms with Gasteiger partial charge in [-0.25, -0.2) is 10.2 Å². The SMILES string of the molecule is COc1ccc(C(=O)Oc2ccc(Br)cc2C=NNC(=O)c2ccc(Cl)c(Cl)c2)cc1. The van der Waals surface area contributed by atoms with Gasteiger partial charge < -0.3 is 9.47 Å². The van der Waals surface area contributed by atoms with Crippen molar-refractivity contribution in [2.24, 2.45) is 5.10 Å². The van der Waals surface area contributed by atoms with E-state index in [1.807, 2.05) is 0 Å². The van der Waals surface area contributed by atoms with E-state index >= 15 is 0 Å². The van der Waals surface area contributed by atoms with Gasteiger partial charge >= 0.3 is 5.97 Å². The molecule has 0 aliphatic carbocycles. The number of hydrazone groups is 1. The highest BCUT2D eigenvalue weighted by Crippen LogP contribution is 2.24. The molecule has 0 heterocycles. The number of rotatable bonds is 6. The number of carbonyl (C=O) groups excluding carboxylic acids is 2. The summed E-state index contributed by atoms with van der Waals surface area (Å²) in [6.45, 7) is 0. The highest BCUT2D eigenvalue weighted by molar-refractivity contribution is 9.10. The number of carbonyl (C=O) groups is 2. The minimum atomic E-state index is -0.542. The van der Waals surface area contributed by atoms with Crippen LogP contribution in [0.1, 0.15) is 26.3 Å².